The van der Waals surface area contributed by atoms with Crippen molar-refractivity contribution in [2.45, 2.75) is 23.7 Å². The first-order chi connectivity index (χ1) is 23.7. The van der Waals surface area contributed by atoms with Gasteiger partial charge in [-0.2, -0.15) is 16.8 Å². The molecule has 12 nitrogen and oxygen atoms in total. The maximum Gasteiger partial charge on any atom is 0.313 e. The number of carbonyl (C=O) groups is 2. The van der Waals surface area contributed by atoms with Gasteiger partial charge in [0, 0.05) is 21.2 Å². The smallest absolute Gasteiger partial charge is 0.313 e. The number of hydrogen-bond acceptors (Lipinski definition) is 12. The van der Waals surface area contributed by atoms with E-state index in [0.29, 0.717) is 32.3 Å². The van der Waals surface area contributed by atoms with E-state index in [0.717, 1.165) is 0 Å². The summed E-state index contributed by atoms with van der Waals surface area (Å²) in [6, 6.07) is 29.7. The Hall–Kier alpha value is -5.02. The van der Waals surface area contributed by atoms with Gasteiger partial charge in [0.2, 0.25) is 34.9 Å². The van der Waals surface area contributed by atoms with Gasteiger partial charge in [0.1, 0.15) is 11.5 Å². The Bertz CT molecular complexity index is 2000. The highest BCUT2D eigenvalue weighted by Crippen LogP contribution is 2.34. The quantitative estimate of drug-likeness (QED) is 0.199. The number of halogens is 2. The van der Waals surface area contributed by atoms with Crippen LogP contribution in [0.3, 0.4) is 0 Å². The SMILES string of the molecule is NC1=C(OS(=O)(=O)Cc2ccccc2)C(=O)C(c2ccc(Cl)cc2)O1.NC1=C(OS(=O)(=O)Cc2ccccc2)C(=O)C(c2ccc(Cl)cc2)O1. The van der Waals surface area contributed by atoms with Crippen LogP contribution >= 0.6 is 23.2 Å². The summed E-state index contributed by atoms with van der Waals surface area (Å²) in [6.45, 7) is 0. The molecular weight excluding hydrogens is 731 g/mol. The van der Waals surface area contributed by atoms with Crippen molar-refractivity contribution in [3.05, 3.63) is 165 Å². The second-order valence-electron chi connectivity index (χ2n) is 10.8. The van der Waals surface area contributed by atoms with Crippen LogP contribution in [0.25, 0.3) is 0 Å². The second-order valence-corrected chi connectivity index (χ2v) is 14.8. The van der Waals surface area contributed by atoms with Crippen molar-refractivity contribution < 1.29 is 44.3 Å². The summed E-state index contributed by atoms with van der Waals surface area (Å²) in [4.78, 5) is 24.9. The monoisotopic (exact) mass is 758 g/mol. The van der Waals surface area contributed by atoms with Gasteiger partial charge in [-0.15, -0.1) is 0 Å². The summed E-state index contributed by atoms with van der Waals surface area (Å²) in [7, 11) is -8.11. The first-order valence-electron chi connectivity index (χ1n) is 14.6. The van der Waals surface area contributed by atoms with Gasteiger partial charge in [0.05, 0.1) is 0 Å². The summed E-state index contributed by atoms with van der Waals surface area (Å²) >= 11 is 11.6. The first-order valence-corrected chi connectivity index (χ1v) is 18.5. The zero-order valence-electron chi connectivity index (χ0n) is 25.8. The number of ether oxygens (including phenoxy) is 2. The molecule has 0 saturated heterocycles. The predicted molar refractivity (Wildman–Crippen MR) is 183 cm³/mol. The van der Waals surface area contributed by atoms with Crippen molar-refractivity contribution in [2.75, 3.05) is 0 Å². The largest absolute Gasteiger partial charge is 0.460 e. The lowest BCUT2D eigenvalue weighted by Gasteiger charge is -2.10. The molecule has 2 aliphatic rings. The lowest BCUT2D eigenvalue weighted by molar-refractivity contribution is -0.123. The summed E-state index contributed by atoms with van der Waals surface area (Å²) in [5, 5.41) is 0.995. The second kappa shape index (κ2) is 15.3. The molecule has 16 heteroatoms. The molecule has 4 aromatic rings. The number of nitrogens with two attached hydrogens (primary N) is 2. The zero-order valence-corrected chi connectivity index (χ0v) is 28.9. The Labute approximate surface area is 298 Å². The molecule has 0 saturated carbocycles. The Kier molecular flexibility index (Phi) is 11.1. The molecule has 4 aromatic carbocycles. The summed E-state index contributed by atoms with van der Waals surface area (Å²) in [6.07, 6.45) is -2.11. The van der Waals surface area contributed by atoms with Crippen LogP contribution in [0.2, 0.25) is 10.0 Å². The van der Waals surface area contributed by atoms with E-state index >= 15 is 0 Å². The van der Waals surface area contributed by atoms with Gasteiger partial charge >= 0.3 is 20.2 Å². The molecule has 2 unspecified atom stereocenters. The molecule has 0 bridgehead atoms. The number of hydrogen-bond donors (Lipinski definition) is 2. The average molecular weight is 760 g/mol. The standard InChI is InChI=1S/2C17H14ClNO5S/c2*18-13-8-6-12(7-9-13)15-14(20)16(17(19)23-15)24-25(21,22)10-11-4-2-1-3-5-11/h2*1-9,15H,10,19H2. The molecule has 4 N–H and O–H groups in total. The van der Waals surface area contributed by atoms with E-state index in [4.69, 9.17) is 52.5 Å². The van der Waals surface area contributed by atoms with Crippen molar-refractivity contribution in [1.29, 1.82) is 0 Å². The fourth-order valence-corrected chi connectivity index (χ4v) is 7.10. The van der Waals surface area contributed by atoms with Crippen LogP contribution in [0, 0.1) is 0 Å². The Morgan fingerprint density at radius 3 is 1.18 bits per heavy atom. The van der Waals surface area contributed by atoms with Gasteiger partial charge in [0.15, 0.2) is 12.2 Å². The van der Waals surface area contributed by atoms with Crippen LogP contribution in [0.15, 0.2) is 132 Å². The fraction of sp³-hybridized carbons (Fsp3) is 0.118. The molecule has 2 heterocycles. The molecular formula is C34H28Cl2N2O10S2. The molecule has 50 heavy (non-hydrogen) atoms. The van der Waals surface area contributed by atoms with Crippen LogP contribution in [0.4, 0.5) is 0 Å². The van der Waals surface area contributed by atoms with E-state index in [2.05, 4.69) is 0 Å². The maximum atomic E-state index is 12.4. The van der Waals surface area contributed by atoms with E-state index in [9.17, 15) is 26.4 Å². The van der Waals surface area contributed by atoms with Crippen molar-refractivity contribution in [3.63, 3.8) is 0 Å². The highest BCUT2D eigenvalue weighted by molar-refractivity contribution is 7.86. The number of benzene rings is 4. The van der Waals surface area contributed by atoms with Gasteiger partial charge in [-0.25, -0.2) is 0 Å². The maximum absolute atomic E-state index is 12.4. The molecule has 6 rings (SSSR count). The van der Waals surface area contributed by atoms with Crippen molar-refractivity contribution in [2.24, 2.45) is 11.5 Å². The van der Waals surface area contributed by atoms with Crippen LogP contribution in [0.1, 0.15) is 34.5 Å². The topological polar surface area (TPSA) is 191 Å². The van der Waals surface area contributed by atoms with Gasteiger partial charge in [-0.3, -0.25) is 9.59 Å². The van der Waals surface area contributed by atoms with E-state index < -0.39 is 55.5 Å². The molecule has 0 amide bonds. The van der Waals surface area contributed by atoms with Crippen LogP contribution in [0.5, 0.6) is 0 Å². The lowest BCUT2D eigenvalue weighted by atomic mass is 10.1. The molecule has 2 atom stereocenters. The lowest BCUT2D eigenvalue weighted by Crippen LogP contribution is -2.16. The van der Waals surface area contributed by atoms with E-state index in [1.165, 1.54) is 0 Å². The highest BCUT2D eigenvalue weighted by atomic mass is 35.5. The average Bonchev–Trinajstić information content (AvgIpc) is 3.51. The zero-order chi connectivity index (χ0) is 36.1. The van der Waals surface area contributed by atoms with Gasteiger partial charge < -0.3 is 29.3 Å². The summed E-state index contributed by atoms with van der Waals surface area (Å²) in [5.41, 5.74) is 13.4. The third-order valence-corrected chi connectivity index (χ3v) is 9.72. The molecule has 260 valence electrons. The minimum atomic E-state index is -4.06. The van der Waals surface area contributed by atoms with Crippen LogP contribution in [-0.2, 0) is 59.2 Å². The van der Waals surface area contributed by atoms with Gasteiger partial charge in [-0.05, 0) is 35.4 Å². The third kappa shape index (κ3) is 9.15. The van der Waals surface area contributed by atoms with Crippen LogP contribution in [-0.4, -0.2) is 28.4 Å². The van der Waals surface area contributed by atoms with E-state index in [1.54, 1.807) is 109 Å². The summed E-state index contributed by atoms with van der Waals surface area (Å²) < 4.78 is 69.2. The van der Waals surface area contributed by atoms with Gasteiger partial charge in [-0.1, -0.05) is 108 Å². The number of ketones is 2. The normalized spacial score (nSPS) is 17.5. The summed E-state index contributed by atoms with van der Waals surface area (Å²) in [5.74, 6) is -3.81. The van der Waals surface area contributed by atoms with E-state index in [1.807, 2.05) is 0 Å². The van der Waals surface area contributed by atoms with Crippen LogP contribution < -0.4 is 11.5 Å². The molecule has 0 aliphatic carbocycles. The first kappa shape index (κ1) is 36.3. The Morgan fingerprint density at radius 1 is 0.540 bits per heavy atom. The third-order valence-electron chi connectivity index (χ3n) is 7.00. The van der Waals surface area contributed by atoms with E-state index in [-0.39, 0.29) is 23.3 Å². The van der Waals surface area contributed by atoms with Gasteiger partial charge in [0.25, 0.3) is 0 Å². The van der Waals surface area contributed by atoms with Crippen molar-refractivity contribution >= 4 is 55.0 Å². The number of carbonyl (C=O) groups excluding carboxylic acids is 2. The molecule has 0 fully saturated rings. The molecule has 0 radical (unpaired) electrons. The Morgan fingerprint density at radius 2 is 0.860 bits per heavy atom. The number of rotatable bonds is 10. The predicted octanol–water partition coefficient (Wildman–Crippen LogP) is 5.31. The van der Waals surface area contributed by atoms with Crippen molar-refractivity contribution in [3.8, 4) is 0 Å². The molecule has 2 aliphatic heterocycles. The fourth-order valence-electron chi connectivity index (χ4n) is 4.70. The Balaban J connectivity index is 0.000000194. The minimum absolute atomic E-state index is 0.360. The molecule has 0 spiro atoms. The minimum Gasteiger partial charge on any atom is -0.460 e. The van der Waals surface area contributed by atoms with Crippen molar-refractivity contribution in [1.82, 2.24) is 0 Å². The number of Topliss-reactive ketones (excluding diaryl/α,β-unsaturated/α-hetero) is 2. The molecule has 0 aromatic heterocycles. The highest BCUT2D eigenvalue weighted by Gasteiger charge is 2.40.